The third-order valence-electron chi connectivity index (χ3n) is 3.41. The average Bonchev–Trinajstić information content (AvgIpc) is 2.73. The first-order valence-corrected chi connectivity index (χ1v) is 8.07. The highest BCUT2D eigenvalue weighted by atomic mass is 32.2. The first kappa shape index (κ1) is 17.6. The zero-order chi connectivity index (χ0) is 17.4. The molecule has 1 aliphatic heterocycles. The minimum atomic E-state index is -3.50. The van der Waals surface area contributed by atoms with Gasteiger partial charge < -0.3 is 10.6 Å². The summed E-state index contributed by atoms with van der Waals surface area (Å²) in [5.74, 6) is 0. The van der Waals surface area contributed by atoms with Crippen molar-refractivity contribution >= 4 is 21.9 Å². The fourth-order valence-corrected chi connectivity index (χ4v) is 3.29. The van der Waals surface area contributed by atoms with Crippen LogP contribution in [0, 0.1) is 0 Å². The van der Waals surface area contributed by atoms with Gasteiger partial charge in [0.2, 0.25) is 0 Å². The summed E-state index contributed by atoms with van der Waals surface area (Å²) in [6, 6.07) is -1.07. The summed E-state index contributed by atoms with van der Waals surface area (Å²) >= 11 is 0. The van der Waals surface area contributed by atoms with Gasteiger partial charge in [0.25, 0.3) is 16.6 Å². The molecule has 0 unspecified atom stereocenters. The lowest BCUT2D eigenvalue weighted by Gasteiger charge is -2.39. The van der Waals surface area contributed by atoms with Gasteiger partial charge in [0.1, 0.15) is 5.69 Å². The van der Waals surface area contributed by atoms with Gasteiger partial charge in [-0.3, -0.25) is 4.68 Å². The van der Waals surface area contributed by atoms with E-state index in [1.54, 1.807) is 0 Å². The van der Waals surface area contributed by atoms with Crippen molar-refractivity contribution in [2.24, 2.45) is 7.05 Å². The Hall–Kier alpha value is -1.79. The molecule has 9 nitrogen and oxygen atoms in total. The average molecular weight is 352 g/mol. The maximum Gasteiger partial charge on any atom is 0.319 e. The molecule has 1 saturated heterocycles. The Balaban J connectivity index is 1.89. The summed E-state index contributed by atoms with van der Waals surface area (Å²) in [6.07, 6.45) is -1.65. The quantitative estimate of drug-likeness (QED) is 0.777. The molecule has 2 heterocycles. The number of alkyl halides is 2. The number of amides is 2. The van der Waals surface area contributed by atoms with Gasteiger partial charge in [-0.15, -0.1) is 0 Å². The highest BCUT2D eigenvalue weighted by molar-refractivity contribution is 7.86. The zero-order valence-electron chi connectivity index (χ0n) is 12.8. The summed E-state index contributed by atoms with van der Waals surface area (Å²) in [4.78, 5) is 11.8. The summed E-state index contributed by atoms with van der Waals surface area (Å²) in [5.41, 5.74) is -0.484. The SMILES string of the molecule is CN(C)S(=O)(=O)N1CC(NC(=O)Nc2cnn(C)c2C(F)F)C1. The Kier molecular flexibility index (Phi) is 4.87. The summed E-state index contributed by atoms with van der Waals surface area (Å²) in [7, 11) is 0.675. The van der Waals surface area contributed by atoms with Crippen LogP contribution in [0.2, 0.25) is 0 Å². The van der Waals surface area contributed by atoms with Crippen molar-refractivity contribution in [2.45, 2.75) is 12.5 Å². The van der Waals surface area contributed by atoms with Crippen LogP contribution in [0.3, 0.4) is 0 Å². The van der Waals surface area contributed by atoms with Crippen molar-refractivity contribution in [1.29, 1.82) is 0 Å². The second kappa shape index (κ2) is 6.37. The lowest BCUT2D eigenvalue weighted by Crippen LogP contribution is -2.63. The van der Waals surface area contributed by atoms with Gasteiger partial charge in [-0.05, 0) is 0 Å². The lowest BCUT2D eigenvalue weighted by atomic mass is 10.2. The van der Waals surface area contributed by atoms with E-state index in [4.69, 9.17) is 0 Å². The molecule has 2 rings (SSSR count). The number of hydrogen-bond acceptors (Lipinski definition) is 4. The molecule has 12 heteroatoms. The van der Waals surface area contributed by atoms with Crippen LogP contribution in [0.1, 0.15) is 12.1 Å². The van der Waals surface area contributed by atoms with Crippen LogP contribution in [0.4, 0.5) is 19.3 Å². The minimum absolute atomic E-state index is 0.0860. The van der Waals surface area contributed by atoms with Gasteiger partial charge in [0.05, 0.1) is 17.9 Å². The standard InChI is InChI=1S/C11H18F2N6O3S/c1-17(2)23(21,22)19-5-7(6-19)15-11(20)16-8-4-14-18(3)9(8)10(12)13/h4,7,10H,5-6H2,1-3H3,(H2,15,16,20). The number of aromatic nitrogens is 2. The van der Waals surface area contributed by atoms with Gasteiger partial charge in [0, 0.05) is 34.2 Å². The van der Waals surface area contributed by atoms with E-state index in [1.165, 1.54) is 25.4 Å². The molecule has 2 amide bonds. The first-order chi connectivity index (χ1) is 10.6. The predicted molar refractivity (Wildman–Crippen MR) is 78.3 cm³/mol. The van der Waals surface area contributed by atoms with Crippen LogP contribution in [0.25, 0.3) is 0 Å². The number of rotatable bonds is 5. The summed E-state index contributed by atoms with van der Waals surface area (Å²) in [6.45, 7) is 0.255. The lowest BCUT2D eigenvalue weighted by molar-refractivity contribution is 0.141. The van der Waals surface area contributed by atoms with Gasteiger partial charge in [-0.1, -0.05) is 0 Å². The molecular formula is C11H18F2N6O3S. The van der Waals surface area contributed by atoms with E-state index >= 15 is 0 Å². The molecule has 1 aromatic rings. The fourth-order valence-electron chi connectivity index (χ4n) is 2.09. The maximum atomic E-state index is 12.9. The van der Waals surface area contributed by atoms with Gasteiger partial charge in [-0.25, -0.2) is 13.6 Å². The molecule has 1 fully saturated rings. The minimum Gasteiger partial charge on any atom is -0.332 e. The first-order valence-electron chi connectivity index (χ1n) is 6.68. The van der Waals surface area contributed by atoms with Crippen LogP contribution in [0.5, 0.6) is 0 Å². The Bertz CT molecular complexity index is 684. The topological polar surface area (TPSA) is 99.6 Å². The van der Waals surface area contributed by atoms with E-state index in [1.807, 2.05) is 0 Å². The Morgan fingerprint density at radius 2 is 2.04 bits per heavy atom. The number of halogens is 2. The molecule has 0 aromatic carbocycles. The van der Waals surface area contributed by atoms with E-state index in [0.717, 1.165) is 15.2 Å². The number of aryl methyl sites for hydroxylation is 1. The van der Waals surface area contributed by atoms with Crippen LogP contribution < -0.4 is 10.6 Å². The van der Waals surface area contributed by atoms with E-state index < -0.39 is 28.4 Å². The van der Waals surface area contributed by atoms with Gasteiger partial charge in [-0.2, -0.15) is 22.1 Å². The van der Waals surface area contributed by atoms with E-state index in [9.17, 15) is 22.0 Å². The molecule has 23 heavy (non-hydrogen) atoms. The van der Waals surface area contributed by atoms with Crippen LogP contribution in [0.15, 0.2) is 6.20 Å². The molecule has 0 atom stereocenters. The van der Waals surface area contributed by atoms with E-state index in [-0.39, 0.29) is 24.8 Å². The van der Waals surface area contributed by atoms with E-state index in [0.29, 0.717) is 0 Å². The number of nitrogens with one attached hydrogen (secondary N) is 2. The van der Waals surface area contributed by atoms with Crippen molar-refractivity contribution in [3.63, 3.8) is 0 Å². The fraction of sp³-hybridized carbons (Fsp3) is 0.636. The molecule has 130 valence electrons. The second-order valence-corrected chi connectivity index (χ2v) is 7.41. The third kappa shape index (κ3) is 3.59. The Morgan fingerprint density at radius 1 is 1.43 bits per heavy atom. The molecule has 1 aromatic heterocycles. The normalized spacial score (nSPS) is 16.7. The highest BCUT2D eigenvalue weighted by Crippen LogP contribution is 2.26. The maximum absolute atomic E-state index is 12.9. The third-order valence-corrected chi connectivity index (χ3v) is 5.28. The molecule has 0 aliphatic carbocycles. The predicted octanol–water partition coefficient (Wildman–Crippen LogP) is -0.0302. The van der Waals surface area contributed by atoms with Crippen molar-refractivity contribution in [1.82, 2.24) is 23.7 Å². The van der Waals surface area contributed by atoms with Gasteiger partial charge in [0.15, 0.2) is 0 Å². The Morgan fingerprint density at radius 3 is 2.57 bits per heavy atom. The second-order valence-electron chi connectivity index (χ2n) is 5.27. The summed E-state index contributed by atoms with van der Waals surface area (Å²) < 4.78 is 52.6. The monoisotopic (exact) mass is 352 g/mol. The van der Waals surface area contributed by atoms with Crippen LogP contribution in [-0.4, -0.2) is 66.1 Å². The van der Waals surface area contributed by atoms with Crippen LogP contribution >= 0.6 is 0 Å². The number of anilines is 1. The number of carbonyl (C=O) groups is 1. The van der Waals surface area contributed by atoms with Crippen molar-refractivity contribution < 1.29 is 22.0 Å². The van der Waals surface area contributed by atoms with Crippen molar-refractivity contribution in [3.05, 3.63) is 11.9 Å². The summed E-state index contributed by atoms with van der Waals surface area (Å²) in [5, 5.41) is 8.49. The number of hydrogen-bond donors (Lipinski definition) is 2. The van der Waals surface area contributed by atoms with Crippen molar-refractivity contribution in [3.8, 4) is 0 Å². The molecule has 2 N–H and O–H groups in total. The highest BCUT2D eigenvalue weighted by Gasteiger charge is 2.37. The van der Waals surface area contributed by atoms with Crippen molar-refractivity contribution in [2.75, 3.05) is 32.5 Å². The molecule has 0 bridgehead atoms. The van der Waals surface area contributed by atoms with Crippen LogP contribution in [-0.2, 0) is 17.3 Å². The zero-order valence-corrected chi connectivity index (χ0v) is 13.6. The largest absolute Gasteiger partial charge is 0.332 e. The smallest absolute Gasteiger partial charge is 0.319 e. The number of nitrogens with zero attached hydrogens (tertiary/aromatic N) is 4. The number of urea groups is 1. The molecule has 0 radical (unpaired) electrons. The number of carbonyl (C=O) groups excluding carboxylic acids is 1. The Labute approximate surface area is 132 Å². The molecular weight excluding hydrogens is 334 g/mol. The molecule has 1 aliphatic rings. The van der Waals surface area contributed by atoms with Gasteiger partial charge >= 0.3 is 6.03 Å². The van der Waals surface area contributed by atoms with E-state index in [2.05, 4.69) is 15.7 Å². The molecule has 0 saturated carbocycles. The molecule has 0 spiro atoms.